The highest BCUT2D eigenvalue weighted by molar-refractivity contribution is 7.13. The highest BCUT2D eigenvalue weighted by Crippen LogP contribution is 2.15. The summed E-state index contributed by atoms with van der Waals surface area (Å²) in [5.74, 6) is 0.541. The van der Waals surface area contributed by atoms with Gasteiger partial charge < -0.3 is 20.3 Å². The van der Waals surface area contributed by atoms with Gasteiger partial charge in [-0.1, -0.05) is 0 Å². The first-order valence-electron chi connectivity index (χ1n) is 8.84. The molecule has 2 amide bonds. The van der Waals surface area contributed by atoms with E-state index in [1.54, 1.807) is 30.3 Å². The van der Waals surface area contributed by atoms with E-state index in [0.29, 0.717) is 55.6 Å². The number of carbonyl (C=O) groups is 2. The monoisotopic (exact) mass is 389 g/mol. The Morgan fingerprint density at radius 2 is 2.04 bits per heavy atom. The fourth-order valence-corrected chi connectivity index (χ4v) is 3.61. The lowest BCUT2D eigenvalue weighted by Crippen LogP contribution is -2.37. The summed E-state index contributed by atoms with van der Waals surface area (Å²) in [7, 11) is 1.55. The van der Waals surface area contributed by atoms with Crippen molar-refractivity contribution in [3.8, 4) is 5.75 Å². The summed E-state index contributed by atoms with van der Waals surface area (Å²) in [6.45, 7) is 2.26. The number of nitrogen functional groups attached to an aromatic ring is 1. The molecule has 1 aliphatic heterocycles. The molecule has 0 bridgehead atoms. The quantitative estimate of drug-likeness (QED) is 0.830. The minimum absolute atomic E-state index is 0.0791. The number of nitrogens with two attached hydrogens (primary N) is 1. The van der Waals surface area contributed by atoms with Gasteiger partial charge in [0.25, 0.3) is 5.91 Å². The third kappa shape index (κ3) is 4.94. The van der Waals surface area contributed by atoms with Crippen LogP contribution in [0.3, 0.4) is 0 Å². The van der Waals surface area contributed by atoms with E-state index in [-0.39, 0.29) is 11.8 Å². The van der Waals surface area contributed by atoms with Gasteiger partial charge in [0.1, 0.15) is 11.4 Å². The van der Waals surface area contributed by atoms with Gasteiger partial charge >= 0.3 is 0 Å². The summed E-state index contributed by atoms with van der Waals surface area (Å²) in [5, 5.41) is 2.40. The Bertz CT molecular complexity index is 810. The van der Waals surface area contributed by atoms with Crippen LogP contribution in [0.2, 0.25) is 0 Å². The lowest BCUT2D eigenvalue weighted by Gasteiger charge is -2.22. The van der Waals surface area contributed by atoms with Gasteiger partial charge in [-0.05, 0) is 18.9 Å². The molecular weight excluding hydrogens is 366 g/mol. The van der Waals surface area contributed by atoms with Crippen LogP contribution in [0.1, 0.15) is 29.0 Å². The minimum atomic E-state index is -0.138. The van der Waals surface area contributed by atoms with Gasteiger partial charge in [-0.15, -0.1) is 11.3 Å². The number of aromatic nitrogens is 2. The van der Waals surface area contributed by atoms with E-state index >= 15 is 0 Å². The maximum Gasteiger partial charge on any atom is 0.272 e. The molecule has 1 fully saturated rings. The van der Waals surface area contributed by atoms with Crippen molar-refractivity contribution < 1.29 is 14.3 Å². The lowest BCUT2D eigenvalue weighted by molar-refractivity contribution is -0.131. The van der Waals surface area contributed by atoms with E-state index in [0.717, 1.165) is 12.1 Å². The molecule has 0 unspecified atom stereocenters. The smallest absolute Gasteiger partial charge is 0.272 e. The molecule has 0 aliphatic carbocycles. The van der Waals surface area contributed by atoms with E-state index in [1.807, 2.05) is 10.3 Å². The van der Waals surface area contributed by atoms with Crippen molar-refractivity contribution in [1.29, 1.82) is 0 Å². The number of amides is 2. The summed E-state index contributed by atoms with van der Waals surface area (Å²) < 4.78 is 5.15. The molecule has 0 radical (unpaired) electrons. The zero-order valence-corrected chi connectivity index (χ0v) is 16.1. The zero-order chi connectivity index (χ0) is 19.2. The average Bonchev–Trinajstić information content (AvgIpc) is 2.95. The first-order valence-corrected chi connectivity index (χ1v) is 9.72. The first kappa shape index (κ1) is 19.1. The van der Waals surface area contributed by atoms with Crippen LogP contribution in [0.5, 0.6) is 5.75 Å². The van der Waals surface area contributed by atoms with Crippen molar-refractivity contribution in [3.05, 3.63) is 35.1 Å². The van der Waals surface area contributed by atoms with Crippen molar-refractivity contribution in [2.24, 2.45) is 0 Å². The molecule has 0 spiro atoms. The van der Waals surface area contributed by atoms with Crippen molar-refractivity contribution >= 4 is 28.3 Å². The number of carbonyl (C=O) groups excluding carboxylic acids is 2. The van der Waals surface area contributed by atoms with Gasteiger partial charge in [-0.25, -0.2) is 4.98 Å². The number of ether oxygens (including phenoxy) is 1. The molecule has 3 heterocycles. The van der Waals surface area contributed by atoms with E-state index in [4.69, 9.17) is 10.5 Å². The average molecular weight is 389 g/mol. The largest absolute Gasteiger partial charge is 0.497 e. The Morgan fingerprint density at radius 3 is 2.78 bits per heavy atom. The third-order valence-corrected chi connectivity index (χ3v) is 5.21. The molecule has 8 nitrogen and oxygen atoms in total. The number of nitrogens with zero attached hydrogens (tertiary/aromatic N) is 4. The van der Waals surface area contributed by atoms with Gasteiger partial charge in [-0.3, -0.25) is 14.6 Å². The summed E-state index contributed by atoms with van der Waals surface area (Å²) in [6.07, 6.45) is 3.28. The zero-order valence-electron chi connectivity index (χ0n) is 15.3. The maximum absolute atomic E-state index is 12.7. The van der Waals surface area contributed by atoms with Crippen LogP contribution in [0, 0.1) is 0 Å². The molecule has 0 aromatic carbocycles. The summed E-state index contributed by atoms with van der Waals surface area (Å²) in [5.41, 5.74) is 6.83. The molecule has 2 aromatic heterocycles. The third-order valence-electron chi connectivity index (χ3n) is 4.49. The normalized spacial score (nSPS) is 14.7. The SMILES string of the molecule is COc1ccnc(C(=O)N2CCCN(C(=O)CCc3csc(N)n3)CC2)c1. The van der Waals surface area contributed by atoms with Crippen LogP contribution in [0.4, 0.5) is 5.13 Å². The summed E-state index contributed by atoms with van der Waals surface area (Å²) in [4.78, 5) is 37.1. The van der Waals surface area contributed by atoms with Crippen LogP contribution < -0.4 is 10.5 Å². The minimum Gasteiger partial charge on any atom is -0.497 e. The predicted octanol–water partition coefficient (Wildman–Crippen LogP) is 1.44. The molecule has 1 aliphatic rings. The van der Waals surface area contributed by atoms with E-state index in [1.165, 1.54) is 11.3 Å². The number of hydrogen-bond acceptors (Lipinski definition) is 7. The number of thiazole rings is 1. The molecule has 2 N–H and O–H groups in total. The van der Waals surface area contributed by atoms with E-state index in [2.05, 4.69) is 9.97 Å². The highest BCUT2D eigenvalue weighted by atomic mass is 32.1. The van der Waals surface area contributed by atoms with Gasteiger partial charge in [-0.2, -0.15) is 0 Å². The molecular formula is C18H23N5O3S. The molecule has 2 aromatic rings. The maximum atomic E-state index is 12.7. The van der Waals surface area contributed by atoms with E-state index in [9.17, 15) is 9.59 Å². The van der Waals surface area contributed by atoms with Crippen molar-refractivity contribution in [2.75, 3.05) is 39.0 Å². The van der Waals surface area contributed by atoms with Crippen LogP contribution in [0.25, 0.3) is 0 Å². The molecule has 27 heavy (non-hydrogen) atoms. The van der Waals surface area contributed by atoms with Crippen molar-refractivity contribution in [3.63, 3.8) is 0 Å². The lowest BCUT2D eigenvalue weighted by atomic mass is 10.2. The second kappa shape index (κ2) is 8.81. The van der Waals surface area contributed by atoms with Crippen LogP contribution >= 0.6 is 11.3 Å². The number of methoxy groups -OCH3 is 1. The molecule has 3 rings (SSSR count). The predicted molar refractivity (Wildman–Crippen MR) is 103 cm³/mol. The fraction of sp³-hybridized carbons (Fsp3) is 0.444. The van der Waals surface area contributed by atoms with Crippen LogP contribution in [-0.2, 0) is 11.2 Å². The standard InChI is InChI=1S/C18H23N5O3S/c1-26-14-5-6-20-15(11-14)17(25)23-8-2-7-22(9-10-23)16(24)4-3-13-12-27-18(19)21-13/h5-6,11-12H,2-4,7-10H2,1H3,(H2,19,21). The first-order chi connectivity index (χ1) is 13.1. The van der Waals surface area contributed by atoms with Gasteiger partial charge in [0.2, 0.25) is 5.91 Å². The molecule has 1 saturated heterocycles. The van der Waals surface area contributed by atoms with Crippen LogP contribution in [0.15, 0.2) is 23.7 Å². The Balaban J connectivity index is 1.54. The number of hydrogen-bond donors (Lipinski definition) is 1. The van der Waals surface area contributed by atoms with Crippen molar-refractivity contribution in [1.82, 2.24) is 19.8 Å². The molecule has 9 heteroatoms. The second-order valence-electron chi connectivity index (χ2n) is 6.28. The Kier molecular flexibility index (Phi) is 6.23. The molecule has 0 saturated carbocycles. The Morgan fingerprint density at radius 1 is 1.26 bits per heavy atom. The molecule has 0 atom stereocenters. The number of pyridine rings is 1. The van der Waals surface area contributed by atoms with Gasteiger partial charge in [0.15, 0.2) is 5.13 Å². The number of rotatable bonds is 5. The second-order valence-corrected chi connectivity index (χ2v) is 7.17. The Hall–Kier alpha value is -2.68. The van der Waals surface area contributed by atoms with Gasteiger partial charge in [0, 0.05) is 50.2 Å². The summed E-state index contributed by atoms with van der Waals surface area (Å²) >= 11 is 1.38. The van der Waals surface area contributed by atoms with E-state index < -0.39 is 0 Å². The summed E-state index contributed by atoms with van der Waals surface area (Å²) in [6, 6.07) is 3.34. The van der Waals surface area contributed by atoms with Crippen LogP contribution in [-0.4, -0.2) is 64.9 Å². The topological polar surface area (TPSA) is 102 Å². The highest BCUT2D eigenvalue weighted by Gasteiger charge is 2.23. The van der Waals surface area contributed by atoms with Crippen molar-refractivity contribution in [2.45, 2.75) is 19.3 Å². The number of aryl methyl sites for hydroxylation is 1. The fourth-order valence-electron chi connectivity index (χ4n) is 3.02. The Labute approximate surface area is 162 Å². The molecule has 144 valence electrons. The number of anilines is 1. The van der Waals surface area contributed by atoms with Gasteiger partial charge in [0.05, 0.1) is 12.8 Å².